The molecule has 5 rings (SSSR count). The Hall–Kier alpha value is -3.09. The highest BCUT2D eigenvalue weighted by atomic mass is 79.9. The topological polar surface area (TPSA) is 42.3 Å². The molecule has 0 N–H and O–H groups in total. The van der Waals surface area contributed by atoms with Gasteiger partial charge in [-0.3, -0.25) is 14.5 Å². The number of carbonyl (C=O) groups is 2. The van der Waals surface area contributed by atoms with Crippen molar-refractivity contribution in [3.05, 3.63) is 111 Å². The third-order valence-corrected chi connectivity index (χ3v) is 7.95. The first-order valence-corrected chi connectivity index (χ1v) is 13.8. The number of imide groups is 1. The molecule has 1 aromatic heterocycles. The molecule has 0 radical (unpaired) electrons. The summed E-state index contributed by atoms with van der Waals surface area (Å²) in [6, 6.07) is 24.8. The Bertz CT molecular complexity index is 1440. The number of aromatic nitrogens is 1. The fourth-order valence-corrected chi connectivity index (χ4v) is 5.82. The lowest BCUT2D eigenvalue weighted by Gasteiger charge is -2.12. The lowest BCUT2D eigenvalue weighted by molar-refractivity contribution is -0.122. The number of amides is 2. The molecule has 0 unspecified atom stereocenters. The van der Waals surface area contributed by atoms with Crippen LogP contribution in [0.5, 0.6) is 0 Å². The van der Waals surface area contributed by atoms with Crippen LogP contribution in [-0.4, -0.2) is 27.2 Å². The fourth-order valence-electron chi connectivity index (χ4n) is 4.70. The second-order valence-corrected chi connectivity index (χ2v) is 10.8. The zero-order chi connectivity index (χ0) is 25.1. The average Bonchev–Trinajstić information content (AvgIpc) is 3.37. The summed E-state index contributed by atoms with van der Waals surface area (Å²) in [6.45, 7) is 3.32. The lowest BCUT2D eigenvalue weighted by atomic mass is 10.1. The van der Waals surface area contributed by atoms with Gasteiger partial charge in [0.2, 0.25) is 0 Å². The number of carbonyl (C=O) groups excluding carboxylic acids is 2. The molecule has 0 aliphatic carbocycles. The highest BCUT2D eigenvalue weighted by Gasteiger charge is 2.34. The van der Waals surface area contributed by atoms with Crippen LogP contribution >= 0.6 is 27.7 Å². The van der Waals surface area contributed by atoms with Crippen molar-refractivity contribution in [1.82, 2.24) is 9.47 Å². The van der Waals surface area contributed by atoms with Crippen LogP contribution in [-0.2, 0) is 24.2 Å². The Kier molecular flexibility index (Phi) is 7.44. The molecule has 1 fully saturated rings. The molecule has 0 bridgehead atoms. The third-order valence-electron chi connectivity index (χ3n) is 6.51. The summed E-state index contributed by atoms with van der Waals surface area (Å²) in [6.07, 6.45) is 6.50. The Morgan fingerprint density at radius 3 is 2.44 bits per heavy atom. The first-order chi connectivity index (χ1) is 17.5. The number of benzene rings is 3. The summed E-state index contributed by atoms with van der Waals surface area (Å²) in [5.41, 5.74) is 5.82. The van der Waals surface area contributed by atoms with Crippen molar-refractivity contribution >= 4 is 55.8 Å². The van der Waals surface area contributed by atoms with Gasteiger partial charge in [-0.15, -0.1) is 0 Å². The van der Waals surface area contributed by atoms with Crippen molar-refractivity contribution in [1.29, 1.82) is 0 Å². The molecule has 182 valence electrons. The highest BCUT2D eigenvalue weighted by Crippen LogP contribution is 2.35. The van der Waals surface area contributed by atoms with Crippen LogP contribution in [0.25, 0.3) is 17.0 Å². The van der Waals surface area contributed by atoms with Crippen molar-refractivity contribution in [2.75, 3.05) is 6.54 Å². The van der Waals surface area contributed by atoms with E-state index in [-0.39, 0.29) is 11.1 Å². The van der Waals surface area contributed by atoms with E-state index in [2.05, 4.69) is 88.2 Å². The van der Waals surface area contributed by atoms with Crippen LogP contribution in [0.15, 0.2) is 88.4 Å². The van der Waals surface area contributed by atoms with Crippen LogP contribution in [0.3, 0.4) is 0 Å². The SMILES string of the molecule is CCc1cccc2c(/C=C3\SC(=O)N(CCCc4ccccc4)C3=O)cn(Cc3ccc(Br)cc3)c12. The van der Waals surface area contributed by atoms with Gasteiger partial charge in [0.25, 0.3) is 11.1 Å². The maximum absolute atomic E-state index is 13.2. The number of fused-ring (bicyclic) bond motifs is 1. The molecule has 1 aliphatic rings. The smallest absolute Gasteiger partial charge is 0.293 e. The van der Waals surface area contributed by atoms with Crippen LogP contribution < -0.4 is 0 Å². The normalized spacial score (nSPS) is 14.9. The highest BCUT2D eigenvalue weighted by molar-refractivity contribution is 9.10. The van der Waals surface area contributed by atoms with Gasteiger partial charge in [-0.2, -0.15) is 0 Å². The zero-order valence-electron chi connectivity index (χ0n) is 20.1. The van der Waals surface area contributed by atoms with Gasteiger partial charge in [-0.05, 0) is 65.9 Å². The van der Waals surface area contributed by atoms with Gasteiger partial charge in [-0.25, -0.2) is 0 Å². The van der Waals surface area contributed by atoms with Crippen molar-refractivity contribution < 1.29 is 9.59 Å². The number of hydrogen-bond donors (Lipinski definition) is 0. The number of hydrogen-bond acceptors (Lipinski definition) is 3. The Labute approximate surface area is 224 Å². The quantitative estimate of drug-likeness (QED) is 0.208. The van der Waals surface area contributed by atoms with E-state index in [1.165, 1.54) is 27.1 Å². The molecule has 1 saturated heterocycles. The molecule has 4 aromatic rings. The van der Waals surface area contributed by atoms with E-state index in [9.17, 15) is 9.59 Å². The standard InChI is InChI=1S/C30H27BrN2O2S/c1-2-23-11-6-12-26-24(20-32(28(23)26)19-22-13-15-25(31)16-14-22)18-27-29(34)33(30(35)36-27)17-7-10-21-8-4-3-5-9-21/h3-6,8-9,11-16,18,20H,2,7,10,17,19H2,1H3/b27-18-. The molecule has 36 heavy (non-hydrogen) atoms. The molecule has 0 saturated carbocycles. The molecule has 6 heteroatoms. The summed E-state index contributed by atoms with van der Waals surface area (Å²) in [5.74, 6) is -0.196. The van der Waals surface area contributed by atoms with Gasteiger partial charge in [0, 0.05) is 34.7 Å². The first kappa shape index (κ1) is 24.6. The molecule has 4 nitrogen and oxygen atoms in total. The van der Waals surface area contributed by atoms with E-state index in [0.29, 0.717) is 11.4 Å². The van der Waals surface area contributed by atoms with Crippen LogP contribution in [0.1, 0.15) is 35.6 Å². The minimum absolute atomic E-state index is 0.188. The maximum atomic E-state index is 13.2. The second kappa shape index (κ2) is 10.9. The molecule has 0 atom stereocenters. The summed E-state index contributed by atoms with van der Waals surface area (Å²) in [7, 11) is 0. The summed E-state index contributed by atoms with van der Waals surface area (Å²) >= 11 is 4.55. The molecule has 3 aromatic carbocycles. The number of rotatable bonds is 8. The predicted molar refractivity (Wildman–Crippen MR) is 152 cm³/mol. The van der Waals surface area contributed by atoms with Crippen molar-refractivity contribution in [3.63, 3.8) is 0 Å². The van der Waals surface area contributed by atoms with Crippen molar-refractivity contribution in [2.45, 2.75) is 32.7 Å². The van der Waals surface area contributed by atoms with E-state index < -0.39 is 0 Å². The number of nitrogens with zero attached hydrogens (tertiary/aromatic N) is 2. The van der Waals surface area contributed by atoms with E-state index in [1.807, 2.05) is 24.3 Å². The number of halogens is 1. The largest absolute Gasteiger partial charge is 0.342 e. The summed E-state index contributed by atoms with van der Waals surface area (Å²) in [5, 5.41) is 0.912. The minimum atomic E-state index is -0.196. The molecule has 2 heterocycles. The Balaban J connectivity index is 1.41. The Morgan fingerprint density at radius 2 is 1.69 bits per heavy atom. The maximum Gasteiger partial charge on any atom is 0.293 e. The number of aryl methyl sites for hydroxylation is 2. The van der Waals surface area contributed by atoms with Gasteiger partial charge in [0.05, 0.1) is 10.4 Å². The van der Waals surface area contributed by atoms with Gasteiger partial charge in [0.15, 0.2) is 0 Å². The van der Waals surface area contributed by atoms with Gasteiger partial charge < -0.3 is 4.57 Å². The lowest BCUT2D eigenvalue weighted by Crippen LogP contribution is -2.29. The molecular formula is C30H27BrN2O2S. The summed E-state index contributed by atoms with van der Waals surface area (Å²) < 4.78 is 3.31. The van der Waals surface area contributed by atoms with Crippen molar-refractivity contribution in [3.8, 4) is 0 Å². The monoisotopic (exact) mass is 558 g/mol. The van der Waals surface area contributed by atoms with Gasteiger partial charge >= 0.3 is 0 Å². The predicted octanol–water partition coefficient (Wildman–Crippen LogP) is 7.68. The van der Waals surface area contributed by atoms with Crippen molar-refractivity contribution in [2.24, 2.45) is 0 Å². The van der Waals surface area contributed by atoms with E-state index >= 15 is 0 Å². The molecule has 2 amide bonds. The number of para-hydroxylation sites is 1. The number of thioether (sulfide) groups is 1. The van der Waals surface area contributed by atoms with E-state index in [1.54, 1.807) is 0 Å². The van der Waals surface area contributed by atoms with Crippen LogP contribution in [0.2, 0.25) is 0 Å². The van der Waals surface area contributed by atoms with E-state index in [4.69, 9.17) is 0 Å². The third kappa shape index (κ3) is 5.20. The second-order valence-electron chi connectivity index (χ2n) is 8.93. The summed E-state index contributed by atoms with van der Waals surface area (Å²) in [4.78, 5) is 27.7. The first-order valence-electron chi connectivity index (χ1n) is 12.2. The van der Waals surface area contributed by atoms with Gasteiger partial charge in [-0.1, -0.05) is 83.5 Å². The Morgan fingerprint density at radius 1 is 0.917 bits per heavy atom. The molecule has 1 aliphatic heterocycles. The molecular weight excluding hydrogens is 532 g/mol. The van der Waals surface area contributed by atoms with Crippen LogP contribution in [0, 0.1) is 0 Å². The fraction of sp³-hybridized carbons (Fsp3) is 0.200. The van der Waals surface area contributed by atoms with Gasteiger partial charge in [0.1, 0.15) is 0 Å². The molecule has 0 spiro atoms. The van der Waals surface area contributed by atoms with E-state index in [0.717, 1.165) is 53.0 Å². The average molecular weight is 560 g/mol. The minimum Gasteiger partial charge on any atom is -0.342 e. The van der Waals surface area contributed by atoms with Crippen LogP contribution in [0.4, 0.5) is 4.79 Å². The zero-order valence-corrected chi connectivity index (χ0v) is 22.5.